The van der Waals surface area contributed by atoms with E-state index in [1.54, 1.807) is 45.0 Å². The zero-order valence-electron chi connectivity index (χ0n) is 24.4. The van der Waals surface area contributed by atoms with Gasteiger partial charge >= 0.3 is 6.03 Å². The second-order valence-electron chi connectivity index (χ2n) is 10.6. The molecule has 1 aliphatic rings. The summed E-state index contributed by atoms with van der Waals surface area (Å²) in [5.41, 5.74) is 6.67. The van der Waals surface area contributed by atoms with Crippen LogP contribution in [0.4, 0.5) is 10.5 Å². The molecule has 42 heavy (non-hydrogen) atoms. The van der Waals surface area contributed by atoms with Crippen LogP contribution in [0.2, 0.25) is 0 Å². The second kappa shape index (κ2) is 16.9. The summed E-state index contributed by atoms with van der Waals surface area (Å²) in [5.74, 6) is -2.22. The Morgan fingerprint density at radius 1 is 0.952 bits per heavy atom. The van der Waals surface area contributed by atoms with Gasteiger partial charge in [0.2, 0.25) is 17.7 Å². The molecule has 7 amide bonds. The number of urea groups is 1. The molecule has 7 N–H and O–H groups in total. The molecule has 1 heterocycles. The summed E-state index contributed by atoms with van der Waals surface area (Å²) in [4.78, 5) is 74.9. The fourth-order valence-corrected chi connectivity index (χ4v) is 4.33. The first kappa shape index (κ1) is 33.9. The summed E-state index contributed by atoms with van der Waals surface area (Å²) in [6.07, 6.45) is 3.70. The Hall–Kier alpha value is -4.26. The number of aliphatic hydroxyl groups excluding tert-OH is 1. The van der Waals surface area contributed by atoms with Crippen LogP contribution in [-0.4, -0.2) is 70.7 Å². The average molecular weight is 587 g/mol. The minimum absolute atomic E-state index is 0.139. The quantitative estimate of drug-likeness (QED) is 0.116. The minimum Gasteiger partial charge on any atom is -0.392 e. The Labute approximate surface area is 245 Å². The van der Waals surface area contributed by atoms with Gasteiger partial charge < -0.3 is 32.1 Å². The van der Waals surface area contributed by atoms with Crippen LogP contribution in [0.5, 0.6) is 0 Å². The highest BCUT2D eigenvalue weighted by molar-refractivity contribution is 6.15. The van der Waals surface area contributed by atoms with Crippen LogP contribution in [0.15, 0.2) is 35.9 Å². The monoisotopic (exact) mass is 586 g/mol. The first-order chi connectivity index (χ1) is 19.9. The van der Waals surface area contributed by atoms with Crippen molar-refractivity contribution in [2.24, 2.45) is 11.7 Å². The molecule has 0 aliphatic carbocycles. The van der Waals surface area contributed by atoms with Crippen molar-refractivity contribution >= 4 is 41.3 Å². The molecule has 1 aromatic carbocycles. The highest BCUT2D eigenvalue weighted by Crippen LogP contribution is 2.14. The average Bonchev–Trinajstić information content (AvgIpc) is 3.18. The van der Waals surface area contributed by atoms with E-state index in [0.717, 1.165) is 0 Å². The third-order valence-corrected chi connectivity index (χ3v) is 6.75. The van der Waals surface area contributed by atoms with E-state index in [9.17, 15) is 33.9 Å². The molecule has 2 rings (SSSR count). The lowest BCUT2D eigenvalue weighted by molar-refractivity contribution is -0.137. The van der Waals surface area contributed by atoms with Gasteiger partial charge in [0.15, 0.2) is 0 Å². The van der Waals surface area contributed by atoms with Crippen LogP contribution in [0.1, 0.15) is 64.9 Å². The first-order valence-electron chi connectivity index (χ1n) is 14.1. The number of primary amides is 1. The van der Waals surface area contributed by atoms with Gasteiger partial charge in [0.1, 0.15) is 12.1 Å². The predicted molar refractivity (Wildman–Crippen MR) is 155 cm³/mol. The molecule has 0 bridgehead atoms. The smallest absolute Gasteiger partial charge is 0.312 e. The lowest BCUT2D eigenvalue weighted by atomic mass is 10.0. The summed E-state index contributed by atoms with van der Waals surface area (Å²) in [6.45, 7) is 5.51. The van der Waals surface area contributed by atoms with Crippen LogP contribution < -0.4 is 27.0 Å². The summed E-state index contributed by atoms with van der Waals surface area (Å²) in [6, 6.07) is 4.03. The summed E-state index contributed by atoms with van der Waals surface area (Å²) in [5, 5.41) is 19.9. The van der Waals surface area contributed by atoms with Gasteiger partial charge in [-0.25, -0.2) is 4.79 Å². The lowest BCUT2D eigenvalue weighted by Crippen LogP contribution is -2.54. The van der Waals surface area contributed by atoms with E-state index in [0.29, 0.717) is 42.5 Å². The summed E-state index contributed by atoms with van der Waals surface area (Å²) in [7, 11) is 0. The van der Waals surface area contributed by atoms with Crippen LogP contribution in [0.3, 0.4) is 0 Å². The number of rotatable bonds is 17. The van der Waals surface area contributed by atoms with E-state index in [1.165, 1.54) is 11.0 Å². The third-order valence-electron chi connectivity index (χ3n) is 6.75. The number of hydrogen-bond acceptors (Lipinski definition) is 7. The Bertz CT molecular complexity index is 1170. The highest BCUT2D eigenvalue weighted by Gasteiger charge is 2.29. The van der Waals surface area contributed by atoms with E-state index in [4.69, 9.17) is 5.73 Å². The van der Waals surface area contributed by atoms with Gasteiger partial charge in [-0.15, -0.1) is 0 Å². The van der Waals surface area contributed by atoms with Crippen molar-refractivity contribution in [3.63, 3.8) is 0 Å². The number of carbonyl (C=O) groups is 6. The number of benzene rings is 1. The zero-order chi connectivity index (χ0) is 31.2. The van der Waals surface area contributed by atoms with E-state index >= 15 is 0 Å². The molecule has 0 radical (unpaired) electrons. The zero-order valence-corrected chi connectivity index (χ0v) is 24.4. The molecule has 0 fully saturated rings. The van der Waals surface area contributed by atoms with Crippen molar-refractivity contribution in [1.82, 2.24) is 20.9 Å². The van der Waals surface area contributed by atoms with E-state index in [2.05, 4.69) is 21.3 Å². The van der Waals surface area contributed by atoms with Crippen LogP contribution in [0.25, 0.3) is 0 Å². The molecule has 13 nitrogen and oxygen atoms in total. The third kappa shape index (κ3) is 11.0. The number of unbranched alkanes of at least 4 members (excludes halogenated alkanes) is 2. The molecule has 0 saturated heterocycles. The number of amides is 7. The van der Waals surface area contributed by atoms with Gasteiger partial charge in [0.05, 0.1) is 6.61 Å². The largest absolute Gasteiger partial charge is 0.392 e. The van der Waals surface area contributed by atoms with Crippen molar-refractivity contribution in [2.45, 2.75) is 78.0 Å². The molecule has 13 heteroatoms. The first-order valence-corrected chi connectivity index (χ1v) is 14.1. The Balaban J connectivity index is 1.91. The predicted octanol–water partition coefficient (Wildman–Crippen LogP) is 1.07. The maximum atomic E-state index is 13.2. The summed E-state index contributed by atoms with van der Waals surface area (Å²) < 4.78 is 0. The van der Waals surface area contributed by atoms with Crippen molar-refractivity contribution < 1.29 is 33.9 Å². The van der Waals surface area contributed by atoms with Crippen LogP contribution in [-0.2, 0) is 30.6 Å². The molecular formula is C29H42N6O7. The number of anilines is 1. The van der Waals surface area contributed by atoms with Gasteiger partial charge in [-0.3, -0.25) is 28.9 Å². The Morgan fingerprint density at radius 3 is 2.21 bits per heavy atom. The minimum atomic E-state index is -0.961. The molecule has 230 valence electrons. The maximum Gasteiger partial charge on any atom is 0.312 e. The van der Waals surface area contributed by atoms with Crippen LogP contribution >= 0.6 is 0 Å². The lowest BCUT2D eigenvalue weighted by Gasteiger charge is -2.25. The normalized spacial score (nSPS) is 14.3. The molecule has 0 saturated carbocycles. The SMILES string of the molecule is CC1=CC(=O)N(CCCCCC(=O)N[C@H](C(=O)N[C@@H](CCCNC(N)=O)C(=O)Nc2ccc(CO)cc2)C(C)C)C1=O. The van der Waals surface area contributed by atoms with Crippen molar-refractivity contribution in [3.8, 4) is 0 Å². The van der Waals surface area contributed by atoms with E-state index in [1.807, 2.05) is 0 Å². The van der Waals surface area contributed by atoms with Crippen molar-refractivity contribution in [3.05, 3.63) is 41.5 Å². The summed E-state index contributed by atoms with van der Waals surface area (Å²) >= 11 is 0. The second-order valence-corrected chi connectivity index (χ2v) is 10.6. The van der Waals surface area contributed by atoms with E-state index < -0.39 is 29.9 Å². The molecule has 0 aromatic heterocycles. The molecule has 1 aliphatic heterocycles. The molecule has 1 aromatic rings. The number of nitrogens with two attached hydrogens (primary N) is 1. The van der Waals surface area contributed by atoms with Crippen molar-refractivity contribution in [2.75, 3.05) is 18.4 Å². The topological polar surface area (TPSA) is 200 Å². The molecule has 2 atom stereocenters. The molecule has 0 unspecified atom stereocenters. The van der Waals surface area contributed by atoms with Gasteiger partial charge in [-0.1, -0.05) is 32.4 Å². The number of nitrogens with one attached hydrogen (secondary N) is 4. The van der Waals surface area contributed by atoms with Gasteiger partial charge in [-0.05, 0) is 56.2 Å². The van der Waals surface area contributed by atoms with Crippen LogP contribution in [0, 0.1) is 5.92 Å². The van der Waals surface area contributed by atoms with Gasteiger partial charge in [0.25, 0.3) is 11.8 Å². The highest BCUT2D eigenvalue weighted by atomic mass is 16.3. The fourth-order valence-electron chi connectivity index (χ4n) is 4.33. The number of aliphatic hydroxyl groups is 1. The maximum absolute atomic E-state index is 13.2. The molecule has 0 spiro atoms. The number of nitrogens with zero attached hydrogens (tertiary/aromatic N) is 1. The Morgan fingerprint density at radius 2 is 1.64 bits per heavy atom. The van der Waals surface area contributed by atoms with Gasteiger partial charge in [0, 0.05) is 36.8 Å². The molecular weight excluding hydrogens is 544 g/mol. The van der Waals surface area contributed by atoms with Gasteiger partial charge in [-0.2, -0.15) is 0 Å². The Kier molecular flexibility index (Phi) is 13.6. The number of hydrogen-bond donors (Lipinski definition) is 6. The number of carbonyl (C=O) groups excluding carboxylic acids is 6. The van der Waals surface area contributed by atoms with Crippen molar-refractivity contribution in [1.29, 1.82) is 0 Å². The fraction of sp³-hybridized carbons (Fsp3) is 0.517. The standard InChI is InChI=1S/C29H42N6O7/c1-18(2)25(34-23(37)9-5-4-6-15-35-24(38)16-19(3)28(35)41)27(40)33-22(8-7-14-31-29(30)42)26(39)32-21-12-10-20(17-36)11-13-21/h10-13,16,18,22,25,36H,4-9,14-15,17H2,1-3H3,(H,32,39)(H,33,40)(H,34,37)(H3,30,31,42)/t22-,25-/m0/s1. The number of imide groups is 1. The van der Waals surface area contributed by atoms with E-state index in [-0.39, 0.29) is 56.2 Å².